The van der Waals surface area contributed by atoms with E-state index >= 15 is 0 Å². The van der Waals surface area contributed by atoms with E-state index in [-0.39, 0.29) is 17.9 Å². The number of sulfone groups is 1. The van der Waals surface area contributed by atoms with E-state index in [1.165, 1.54) is 18.6 Å². The summed E-state index contributed by atoms with van der Waals surface area (Å²) in [4.78, 5) is 10.7. The van der Waals surface area contributed by atoms with Crippen LogP contribution in [0.15, 0.2) is 16.7 Å². The molecule has 1 aromatic rings. The maximum Gasteiger partial charge on any atom is 0.339 e. The van der Waals surface area contributed by atoms with Crippen LogP contribution in [0.3, 0.4) is 0 Å². The Bertz CT molecular complexity index is 477. The minimum atomic E-state index is -2.94. The average Bonchev–Trinajstić information content (AvgIpc) is 2.63. The molecule has 0 fully saturated rings. The van der Waals surface area contributed by atoms with Crippen LogP contribution in [-0.4, -0.2) is 38.0 Å². The van der Waals surface area contributed by atoms with E-state index in [0.29, 0.717) is 18.7 Å². The molecular formula is C10H15NO5S. The van der Waals surface area contributed by atoms with Gasteiger partial charge in [-0.15, -0.1) is 0 Å². The molecule has 0 aliphatic carbocycles. The number of rotatable bonds is 7. The molecule has 17 heavy (non-hydrogen) atoms. The quantitative estimate of drug-likeness (QED) is 0.694. The lowest BCUT2D eigenvalue weighted by atomic mass is 10.2. The normalized spacial score (nSPS) is 11.6. The van der Waals surface area contributed by atoms with E-state index in [4.69, 9.17) is 9.52 Å². The lowest BCUT2D eigenvalue weighted by molar-refractivity contribution is 0.0694. The van der Waals surface area contributed by atoms with Crippen LogP contribution >= 0.6 is 0 Å². The standard InChI is InChI=1S/C10H15NO5S/c1-17(14,15)6-2-4-11-7-9-8(10(12)13)3-5-16-9/h3,5,11H,2,4,6-7H2,1H3,(H,12,13). The number of carboxylic acid groups (broad SMARTS) is 1. The van der Waals surface area contributed by atoms with Gasteiger partial charge in [0.1, 0.15) is 21.2 Å². The number of carboxylic acids is 1. The molecule has 0 amide bonds. The molecule has 1 aromatic heterocycles. The zero-order chi connectivity index (χ0) is 12.9. The minimum absolute atomic E-state index is 0.115. The fourth-order valence-corrected chi connectivity index (χ4v) is 2.00. The second-order valence-electron chi connectivity index (χ2n) is 3.72. The number of furan rings is 1. The SMILES string of the molecule is CS(=O)(=O)CCCNCc1occc1C(=O)O. The Hall–Kier alpha value is -1.34. The van der Waals surface area contributed by atoms with Gasteiger partial charge in [0.25, 0.3) is 0 Å². The molecule has 7 heteroatoms. The summed E-state index contributed by atoms with van der Waals surface area (Å²) in [7, 11) is -2.94. The molecule has 6 nitrogen and oxygen atoms in total. The van der Waals surface area contributed by atoms with E-state index in [9.17, 15) is 13.2 Å². The lowest BCUT2D eigenvalue weighted by Gasteiger charge is -2.02. The van der Waals surface area contributed by atoms with Crippen molar-refractivity contribution in [3.63, 3.8) is 0 Å². The van der Waals surface area contributed by atoms with Gasteiger partial charge >= 0.3 is 5.97 Å². The summed E-state index contributed by atoms with van der Waals surface area (Å²) in [6, 6.07) is 1.38. The molecule has 0 aliphatic heterocycles. The van der Waals surface area contributed by atoms with Gasteiger partial charge in [-0.05, 0) is 19.0 Å². The summed E-state index contributed by atoms with van der Waals surface area (Å²) in [5.41, 5.74) is 0.126. The van der Waals surface area contributed by atoms with Crippen molar-refractivity contribution in [1.82, 2.24) is 5.32 Å². The Balaban J connectivity index is 2.32. The first kappa shape index (κ1) is 13.7. The Morgan fingerprint density at radius 3 is 2.82 bits per heavy atom. The molecule has 1 rings (SSSR count). The summed E-state index contributed by atoms with van der Waals surface area (Å²) in [5.74, 6) is -0.576. The fourth-order valence-electron chi connectivity index (χ4n) is 1.33. The Morgan fingerprint density at radius 2 is 2.24 bits per heavy atom. The molecular weight excluding hydrogens is 246 g/mol. The second-order valence-corrected chi connectivity index (χ2v) is 5.98. The van der Waals surface area contributed by atoms with Gasteiger partial charge in [-0.3, -0.25) is 0 Å². The predicted octanol–water partition coefficient (Wildman–Crippen LogP) is 0.502. The molecule has 0 aliphatic rings. The molecule has 2 N–H and O–H groups in total. The van der Waals surface area contributed by atoms with Crippen LogP contribution in [0.1, 0.15) is 22.5 Å². The van der Waals surface area contributed by atoms with Crippen LogP contribution < -0.4 is 5.32 Å². The van der Waals surface area contributed by atoms with Crippen LogP contribution in [0.25, 0.3) is 0 Å². The first-order valence-corrected chi connectivity index (χ1v) is 7.14. The Labute approximate surface area is 99.5 Å². The summed E-state index contributed by atoms with van der Waals surface area (Å²) in [6.07, 6.45) is 2.99. The van der Waals surface area contributed by atoms with Gasteiger partial charge < -0.3 is 14.8 Å². The summed E-state index contributed by atoms with van der Waals surface area (Å²) >= 11 is 0. The Morgan fingerprint density at radius 1 is 1.53 bits per heavy atom. The largest absolute Gasteiger partial charge is 0.478 e. The summed E-state index contributed by atoms with van der Waals surface area (Å²) in [6.45, 7) is 0.769. The van der Waals surface area contributed by atoms with Crippen LogP contribution in [0.2, 0.25) is 0 Å². The van der Waals surface area contributed by atoms with Gasteiger partial charge in [-0.25, -0.2) is 13.2 Å². The van der Waals surface area contributed by atoms with Crippen molar-refractivity contribution in [3.05, 3.63) is 23.7 Å². The van der Waals surface area contributed by atoms with Gasteiger partial charge in [0.15, 0.2) is 0 Å². The smallest absolute Gasteiger partial charge is 0.339 e. The Kier molecular flexibility index (Phi) is 4.71. The first-order chi connectivity index (χ1) is 7.90. The number of nitrogens with one attached hydrogen (secondary N) is 1. The highest BCUT2D eigenvalue weighted by molar-refractivity contribution is 7.90. The zero-order valence-electron chi connectivity index (χ0n) is 9.47. The molecule has 0 atom stereocenters. The van der Waals surface area contributed by atoms with Gasteiger partial charge in [-0.1, -0.05) is 0 Å². The molecule has 0 bridgehead atoms. The highest BCUT2D eigenvalue weighted by atomic mass is 32.2. The minimum Gasteiger partial charge on any atom is -0.478 e. The van der Waals surface area contributed by atoms with E-state index in [1.54, 1.807) is 0 Å². The molecule has 0 saturated heterocycles. The summed E-state index contributed by atoms with van der Waals surface area (Å²) in [5, 5.41) is 11.7. The monoisotopic (exact) mass is 261 g/mol. The summed E-state index contributed by atoms with van der Waals surface area (Å²) < 4.78 is 26.7. The zero-order valence-corrected chi connectivity index (χ0v) is 10.3. The van der Waals surface area contributed by atoms with Crippen LogP contribution in [0.5, 0.6) is 0 Å². The third-order valence-corrected chi connectivity index (χ3v) is 3.16. The van der Waals surface area contributed by atoms with Crippen molar-refractivity contribution in [1.29, 1.82) is 0 Å². The molecule has 1 heterocycles. The predicted molar refractivity (Wildman–Crippen MR) is 61.7 cm³/mol. The van der Waals surface area contributed by atoms with Crippen LogP contribution in [0.4, 0.5) is 0 Å². The number of hydrogen-bond acceptors (Lipinski definition) is 5. The number of aromatic carboxylic acids is 1. The van der Waals surface area contributed by atoms with Crippen molar-refractivity contribution in [3.8, 4) is 0 Å². The molecule has 0 radical (unpaired) electrons. The lowest BCUT2D eigenvalue weighted by Crippen LogP contribution is -2.18. The van der Waals surface area contributed by atoms with E-state index in [1.807, 2.05) is 0 Å². The van der Waals surface area contributed by atoms with Crippen molar-refractivity contribution >= 4 is 15.8 Å². The van der Waals surface area contributed by atoms with Gasteiger partial charge in [0.05, 0.1) is 18.6 Å². The molecule has 96 valence electrons. The van der Waals surface area contributed by atoms with Crippen molar-refractivity contribution in [2.75, 3.05) is 18.6 Å². The second kappa shape index (κ2) is 5.83. The van der Waals surface area contributed by atoms with Crippen molar-refractivity contribution < 1.29 is 22.7 Å². The van der Waals surface area contributed by atoms with E-state index < -0.39 is 15.8 Å². The first-order valence-electron chi connectivity index (χ1n) is 5.08. The highest BCUT2D eigenvalue weighted by Gasteiger charge is 2.12. The van der Waals surface area contributed by atoms with E-state index in [2.05, 4.69) is 5.32 Å². The molecule has 0 aromatic carbocycles. The number of carbonyl (C=O) groups is 1. The van der Waals surface area contributed by atoms with Crippen LogP contribution in [0, 0.1) is 0 Å². The van der Waals surface area contributed by atoms with Gasteiger partial charge in [-0.2, -0.15) is 0 Å². The highest BCUT2D eigenvalue weighted by Crippen LogP contribution is 2.09. The number of hydrogen-bond donors (Lipinski definition) is 2. The third-order valence-electron chi connectivity index (χ3n) is 2.13. The average molecular weight is 261 g/mol. The molecule has 0 saturated carbocycles. The maximum atomic E-state index is 10.8. The molecule has 0 spiro atoms. The van der Waals surface area contributed by atoms with E-state index in [0.717, 1.165) is 0 Å². The van der Waals surface area contributed by atoms with Crippen molar-refractivity contribution in [2.45, 2.75) is 13.0 Å². The van der Waals surface area contributed by atoms with Gasteiger partial charge in [0, 0.05) is 6.26 Å². The fraction of sp³-hybridized carbons (Fsp3) is 0.500. The maximum absolute atomic E-state index is 10.8. The van der Waals surface area contributed by atoms with Gasteiger partial charge in [0.2, 0.25) is 0 Å². The topological polar surface area (TPSA) is 96.6 Å². The third kappa shape index (κ3) is 5.01. The molecule has 0 unspecified atom stereocenters. The van der Waals surface area contributed by atoms with Crippen LogP contribution in [-0.2, 0) is 16.4 Å². The van der Waals surface area contributed by atoms with Crippen molar-refractivity contribution in [2.24, 2.45) is 0 Å².